The Balaban J connectivity index is 0.831. The van der Waals surface area contributed by atoms with Gasteiger partial charge >= 0.3 is 12.1 Å². The van der Waals surface area contributed by atoms with Crippen molar-refractivity contribution in [2.75, 3.05) is 72.6 Å². The van der Waals surface area contributed by atoms with Crippen LogP contribution >= 0.6 is 11.3 Å². The van der Waals surface area contributed by atoms with Gasteiger partial charge in [-0.15, -0.1) is 11.3 Å². The number of aliphatic imine (C=N–C) groups is 1. The molecule has 13 rings (SSSR count). The molecule has 5 saturated heterocycles. The van der Waals surface area contributed by atoms with E-state index >= 15 is 22.8 Å². The molecule has 1 unspecified atom stereocenters. The van der Waals surface area contributed by atoms with Crippen LogP contribution in [-0.4, -0.2) is 191 Å². The molecule has 7 aliphatic heterocycles. The molecule has 3 saturated carbocycles. The van der Waals surface area contributed by atoms with Gasteiger partial charge in [-0.05, 0) is 120 Å². The van der Waals surface area contributed by atoms with Crippen molar-refractivity contribution in [1.82, 2.24) is 50.2 Å². The topological polar surface area (TPSA) is 179 Å². The number of fused-ring (bicyclic) bond motifs is 6. The van der Waals surface area contributed by atoms with E-state index in [1.165, 1.54) is 46.6 Å². The molecule has 17 nitrogen and oxygen atoms in total. The average molecular weight is 1150 g/mol. The fourth-order valence-corrected chi connectivity index (χ4v) is 16.1. The van der Waals surface area contributed by atoms with Crippen LogP contribution in [0.3, 0.4) is 0 Å². The Morgan fingerprint density at radius 1 is 0.939 bits per heavy atom. The van der Waals surface area contributed by atoms with Gasteiger partial charge in [-0.2, -0.15) is 13.2 Å². The first-order valence-electron chi connectivity index (χ1n) is 30.7. The van der Waals surface area contributed by atoms with E-state index in [0.29, 0.717) is 107 Å². The van der Waals surface area contributed by atoms with E-state index in [1.807, 2.05) is 44.5 Å². The Bertz CT molecular complexity index is 3010. The molecule has 10 aliphatic rings. The number of hydrogen-bond donors (Lipinski definition) is 3. The van der Waals surface area contributed by atoms with Crippen LogP contribution in [0.25, 0.3) is 27.7 Å². The summed E-state index contributed by atoms with van der Waals surface area (Å²) in [6, 6.07) is 3.96. The van der Waals surface area contributed by atoms with Gasteiger partial charge in [0.05, 0.1) is 40.8 Å². The molecular weight excluding hydrogens is 1070 g/mol. The number of thiazole rings is 1. The van der Waals surface area contributed by atoms with Crippen molar-refractivity contribution in [2.24, 2.45) is 27.7 Å². The van der Waals surface area contributed by atoms with Gasteiger partial charge in [0.1, 0.15) is 24.7 Å². The Hall–Kier alpha value is -4.77. The number of alkyl halides is 3. The summed E-state index contributed by atoms with van der Waals surface area (Å²) >= 11 is 1.37. The maximum absolute atomic E-state index is 15.2. The molecule has 0 radical (unpaired) electrons. The summed E-state index contributed by atoms with van der Waals surface area (Å²) in [5.41, 5.74) is 6.53. The minimum absolute atomic E-state index is 0.0448. The van der Waals surface area contributed by atoms with Crippen molar-refractivity contribution in [2.45, 2.75) is 178 Å². The molecule has 3 aliphatic carbocycles. The van der Waals surface area contributed by atoms with Crippen LogP contribution in [0, 0.1) is 22.7 Å². The second kappa shape index (κ2) is 22.3. The Kier molecular flexibility index (Phi) is 15.3. The van der Waals surface area contributed by atoms with Crippen LogP contribution in [0.15, 0.2) is 34.3 Å². The number of carbonyl (C=O) groups is 4. The number of nitrogens with zero attached hydrogens (tertiary/aromatic N) is 8. The lowest BCUT2D eigenvalue weighted by Crippen LogP contribution is -2.62. The number of piperazine rings is 1. The van der Waals surface area contributed by atoms with Crippen LogP contribution in [0.1, 0.15) is 121 Å². The standard InChI is InChI=1S/C61H82F3N11O6S/c1-36(80-4)50-43(27-41(30-65-50)71-24-22-70(23-25-71)40-14-15-40)54-44-29-59(2,3)35-81-58(79)45-10-7-19-75(69-45)56(77)46(28-49-66-47(31-82-49)39-13-16-48(42(44)26-39)74(54)34-61(62,63)64)67-55(76)53(38-8-5-6-9-38)72-20-17-60(32-72)18-21-73(33-60)57(78)52-51(68-52)37-11-12-37/h13,16,26,30-31,36-38,40-41,45-46,51-53,68-69H,5-12,14-15,17-25,27-29,32-35H2,1-4H3,(H,67,76)/t36-,41?,45-,46-,51+,52+,53-,60-/m0/s1. The van der Waals surface area contributed by atoms with E-state index in [0.717, 1.165) is 77.8 Å². The maximum atomic E-state index is 15.2. The van der Waals surface area contributed by atoms with Gasteiger partial charge in [-0.3, -0.25) is 49.2 Å². The molecular formula is C61H82F3N11O6S. The van der Waals surface area contributed by atoms with Crippen molar-refractivity contribution in [1.29, 1.82) is 0 Å². The number of hydrazine groups is 1. The number of esters is 1. The number of aromatic nitrogens is 2. The van der Waals surface area contributed by atoms with E-state index in [9.17, 15) is 9.59 Å². The first kappa shape index (κ1) is 56.4. The van der Waals surface area contributed by atoms with Crippen molar-refractivity contribution < 1.29 is 41.8 Å². The summed E-state index contributed by atoms with van der Waals surface area (Å²) < 4.78 is 59.2. The van der Waals surface area contributed by atoms with E-state index in [-0.39, 0.29) is 60.6 Å². The quantitative estimate of drug-likeness (QED) is 0.131. The maximum Gasteiger partial charge on any atom is 0.406 e. The number of rotatable bonds is 12. The summed E-state index contributed by atoms with van der Waals surface area (Å²) in [7, 11) is 1.60. The summed E-state index contributed by atoms with van der Waals surface area (Å²) in [6.45, 7) is 11.3. The highest BCUT2D eigenvalue weighted by molar-refractivity contribution is 7.10. The van der Waals surface area contributed by atoms with Crippen LogP contribution in [0.5, 0.6) is 0 Å². The lowest BCUT2D eigenvalue weighted by molar-refractivity contribution is -0.155. The minimum atomic E-state index is -4.58. The number of amides is 3. The molecule has 6 bridgehead atoms. The molecule has 21 heteroatoms. The van der Waals surface area contributed by atoms with Gasteiger partial charge in [-0.1, -0.05) is 32.8 Å². The highest BCUT2D eigenvalue weighted by Crippen LogP contribution is 2.47. The third kappa shape index (κ3) is 11.6. The minimum Gasteiger partial charge on any atom is -0.464 e. The predicted molar refractivity (Wildman–Crippen MR) is 307 cm³/mol. The van der Waals surface area contributed by atoms with Crippen molar-refractivity contribution in [3.8, 4) is 11.3 Å². The van der Waals surface area contributed by atoms with Crippen molar-refractivity contribution >= 4 is 57.7 Å². The molecule has 82 heavy (non-hydrogen) atoms. The average Bonchev–Trinajstić information content (AvgIpc) is 4.62. The normalized spacial score (nSPS) is 30.6. The molecule has 1 spiro atoms. The second-order valence-corrected chi connectivity index (χ2v) is 27.7. The number of hydrogen-bond acceptors (Lipinski definition) is 14. The molecule has 2 aromatic heterocycles. The number of halogens is 3. The Labute approximate surface area is 483 Å². The van der Waals surface area contributed by atoms with E-state index < -0.39 is 48.3 Å². The monoisotopic (exact) mass is 1150 g/mol. The Morgan fingerprint density at radius 3 is 2.45 bits per heavy atom. The molecule has 3 N–H and O–H groups in total. The molecule has 8 atom stereocenters. The van der Waals surface area contributed by atoms with Crippen LogP contribution in [0.2, 0.25) is 0 Å². The molecule has 8 fully saturated rings. The van der Waals surface area contributed by atoms with E-state index in [1.54, 1.807) is 13.2 Å². The number of nitrogens with one attached hydrogen (secondary N) is 3. The van der Waals surface area contributed by atoms with Crippen LogP contribution in [0.4, 0.5) is 13.2 Å². The SMILES string of the molecule is CO[C@@H](C)C1=C(c2c3c4cc(ccc4n2CC(F)(F)F)-c2csc(n2)C[C@H](NC(=O)[C@H](C2CCCC2)N2CC[C@]4(CCN(C(=O)[C@@H]5N[C@@H]5C5CC5)C4)C2)C(=O)N2CCC[C@H](N2)C(=O)OCC(C)(C)C3)CC(N2CCN(C3CC3)CC2)C=N1. The number of methoxy groups -OCH3 is 1. The summed E-state index contributed by atoms with van der Waals surface area (Å²) in [5.74, 6) is -0.137. The number of carbonyl (C=O) groups excluding carboxylic acids is 4. The first-order chi connectivity index (χ1) is 39.4. The lowest BCUT2D eigenvalue weighted by Gasteiger charge is -2.40. The largest absolute Gasteiger partial charge is 0.464 e. The number of ether oxygens (including phenoxy) is 2. The molecule has 3 amide bonds. The number of likely N-dealkylation sites (tertiary alicyclic amines) is 2. The van der Waals surface area contributed by atoms with Crippen LogP contribution < -0.4 is 16.1 Å². The fraction of sp³-hybridized carbons (Fsp3) is 0.705. The second-order valence-electron chi connectivity index (χ2n) is 26.7. The predicted octanol–water partition coefficient (Wildman–Crippen LogP) is 6.58. The molecule has 1 aromatic carbocycles. The van der Waals surface area contributed by atoms with Gasteiger partial charge in [0.15, 0.2) is 0 Å². The van der Waals surface area contributed by atoms with E-state index in [2.05, 4.69) is 35.7 Å². The summed E-state index contributed by atoms with van der Waals surface area (Å²) in [6.07, 6.45) is 9.12. The number of benzene rings is 1. The van der Waals surface area contributed by atoms with Gasteiger partial charge in [0.25, 0.3) is 5.91 Å². The highest BCUT2D eigenvalue weighted by Gasteiger charge is 2.55. The molecule has 3 aromatic rings. The molecule has 9 heterocycles. The smallest absolute Gasteiger partial charge is 0.406 e. The number of cyclic esters (lactones) is 1. The van der Waals surface area contributed by atoms with Gasteiger partial charge in [-0.25, -0.2) is 10.4 Å². The van der Waals surface area contributed by atoms with Gasteiger partial charge in [0, 0.05) is 128 Å². The third-order valence-corrected chi connectivity index (χ3v) is 21.0. The lowest BCUT2D eigenvalue weighted by atomic mass is 9.83. The Morgan fingerprint density at radius 2 is 1.71 bits per heavy atom. The van der Waals surface area contributed by atoms with Crippen molar-refractivity contribution in [3.05, 3.63) is 45.5 Å². The zero-order chi connectivity index (χ0) is 56.8. The third-order valence-electron chi connectivity index (χ3n) is 20.1. The zero-order valence-corrected chi connectivity index (χ0v) is 48.9. The summed E-state index contributed by atoms with van der Waals surface area (Å²) in [5, 5.41) is 11.4. The van der Waals surface area contributed by atoms with Crippen molar-refractivity contribution in [3.63, 3.8) is 0 Å². The van der Waals surface area contributed by atoms with E-state index in [4.69, 9.17) is 19.5 Å². The first-order valence-corrected chi connectivity index (χ1v) is 31.6. The van der Waals surface area contributed by atoms with Gasteiger partial charge < -0.3 is 24.3 Å². The summed E-state index contributed by atoms with van der Waals surface area (Å²) in [4.78, 5) is 77.8. The van der Waals surface area contributed by atoms with Gasteiger partial charge in [0.2, 0.25) is 11.8 Å². The molecule has 444 valence electrons. The highest BCUT2D eigenvalue weighted by atomic mass is 32.1. The fourth-order valence-electron chi connectivity index (χ4n) is 15.3. The zero-order valence-electron chi connectivity index (χ0n) is 48.1. The van der Waals surface area contributed by atoms with Crippen LogP contribution in [-0.2, 0) is 48.0 Å².